The molecule has 2 N–H and O–H groups in total. The summed E-state index contributed by atoms with van der Waals surface area (Å²) >= 11 is 0. The summed E-state index contributed by atoms with van der Waals surface area (Å²) in [7, 11) is 0. The van der Waals surface area contributed by atoms with Crippen LogP contribution in [-0.2, 0) is 0 Å². The zero-order valence-electron chi connectivity index (χ0n) is 6.33. The van der Waals surface area contributed by atoms with E-state index in [9.17, 15) is 0 Å². The first-order chi connectivity index (χ1) is 5.36. The van der Waals surface area contributed by atoms with Crippen molar-refractivity contribution in [2.45, 2.75) is 25.2 Å². The van der Waals surface area contributed by atoms with Crippen LogP contribution >= 0.6 is 0 Å². The summed E-state index contributed by atoms with van der Waals surface area (Å²) in [6.45, 7) is 0. The van der Waals surface area contributed by atoms with Crippen LogP contribution in [-0.4, -0.2) is 10.2 Å². The molecule has 1 aliphatic rings. The molecule has 0 spiro atoms. The maximum absolute atomic E-state index is 5.50. The predicted octanol–water partition coefficient (Wildman–Crippen LogP) is 1.33. The molecule has 0 bridgehead atoms. The highest BCUT2D eigenvalue weighted by Gasteiger charge is 2.19. The minimum atomic E-state index is 0.536. The number of aromatic nitrogens is 2. The van der Waals surface area contributed by atoms with Crippen molar-refractivity contribution in [2.75, 3.05) is 5.73 Å². The molecule has 0 unspecified atom stereocenters. The molecule has 1 heterocycles. The molecule has 0 amide bonds. The standard InChI is InChI=1S/C8H11N3/c9-8-4-7(5-10-11-8)6-2-1-3-6/h4-6H,1-3H2,(H2,9,11). The van der Waals surface area contributed by atoms with E-state index in [1.165, 1.54) is 24.8 Å². The Bertz CT molecular complexity index is 255. The van der Waals surface area contributed by atoms with Crippen LogP contribution in [0.2, 0.25) is 0 Å². The summed E-state index contributed by atoms with van der Waals surface area (Å²) in [4.78, 5) is 0. The first kappa shape index (κ1) is 6.58. The van der Waals surface area contributed by atoms with Gasteiger partial charge in [0.05, 0.1) is 6.20 Å². The molecule has 0 aromatic carbocycles. The molecule has 1 aliphatic carbocycles. The highest BCUT2D eigenvalue weighted by Crippen LogP contribution is 2.35. The normalized spacial score (nSPS) is 17.8. The second kappa shape index (κ2) is 2.49. The number of hydrogen-bond donors (Lipinski definition) is 1. The molecule has 1 saturated carbocycles. The van der Waals surface area contributed by atoms with Gasteiger partial charge in [0.1, 0.15) is 5.82 Å². The van der Waals surface area contributed by atoms with E-state index in [1.807, 2.05) is 12.3 Å². The minimum absolute atomic E-state index is 0.536. The van der Waals surface area contributed by atoms with E-state index in [4.69, 9.17) is 5.73 Å². The fourth-order valence-corrected chi connectivity index (χ4v) is 1.36. The van der Waals surface area contributed by atoms with Crippen molar-refractivity contribution in [1.82, 2.24) is 10.2 Å². The average Bonchev–Trinajstić information content (AvgIpc) is 1.83. The van der Waals surface area contributed by atoms with Gasteiger partial charge in [-0.25, -0.2) is 0 Å². The lowest BCUT2D eigenvalue weighted by molar-refractivity contribution is 0.418. The van der Waals surface area contributed by atoms with Gasteiger partial charge < -0.3 is 5.73 Å². The first-order valence-corrected chi connectivity index (χ1v) is 3.94. The monoisotopic (exact) mass is 149 g/mol. The van der Waals surface area contributed by atoms with Gasteiger partial charge in [-0.3, -0.25) is 0 Å². The average molecular weight is 149 g/mol. The number of nitrogens with two attached hydrogens (primary N) is 1. The third kappa shape index (κ3) is 1.18. The van der Waals surface area contributed by atoms with E-state index in [0.29, 0.717) is 11.7 Å². The Morgan fingerprint density at radius 2 is 2.27 bits per heavy atom. The molecular weight excluding hydrogens is 138 g/mol. The van der Waals surface area contributed by atoms with Crippen molar-refractivity contribution >= 4 is 5.82 Å². The van der Waals surface area contributed by atoms with Crippen LogP contribution in [0, 0.1) is 0 Å². The molecule has 3 nitrogen and oxygen atoms in total. The van der Waals surface area contributed by atoms with E-state index >= 15 is 0 Å². The Labute approximate surface area is 65.6 Å². The maximum atomic E-state index is 5.50. The van der Waals surface area contributed by atoms with Gasteiger partial charge in [0, 0.05) is 0 Å². The number of anilines is 1. The van der Waals surface area contributed by atoms with Crippen molar-refractivity contribution in [1.29, 1.82) is 0 Å². The summed E-state index contributed by atoms with van der Waals surface area (Å²) < 4.78 is 0. The molecule has 1 fully saturated rings. The highest BCUT2D eigenvalue weighted by molar-refractivity contribution is 5.31. The van der Waals surface area contributed by atoms with Crippen molar-refractivity contribution in [2.24, 2.45) is 0 Å². The minimum Gasteiger partial charge on any atom is -0.382 e. The molecule has 0 atom stereocenters. The van der Waals surface area contributed by atoms with E-state index < -0.39 is 0 Å². The SMILES string of the molecule is Nc1cc(C2CCC2)cnn1. The number of nitrogens with zero attached hydrogens (tertiary/aromatic N) is 2. The van der Waals surface area contributed by atoms with Gasteiger partial charge >= 0.3 is 0 Å². The van der Waals surface area contributed by atoms with Gasteiger partial charge in [-0.2, -0.15) is 5.10 Å². The molecule has 1 aromatic rings. The first-order valence-electron chi connectivity index (χ1n) is 3.94. The smallest absolute Gasteiger partial charge is 0.146 e. The van der Waals surface area contributed by atoms with Gasteiger partial charge in [-0.15, -0.1) is 5.10 Å². The lowest BCUT2D eigenvalue weighted by Gasteiger charge is -2.25. The summed E-state index contributed by atoms with van der Waals surface area (Å²) in [5.74, 6) is 1.24. The van der Waals surface area contributed by atoms with Crippen LogP contribution in [0.4, 0.5) is 5.82 Å². The Balaban J connectivity index is 2.23. The maximum Gasteiger partial charge on any atom is 0.146 e. The number of nitrogen functional groups attached to an aromatic ring is 1. The van der Waals surface area contributed by atoms with E-state index in [0.717, 1.165) is 0 Å². The van der Waals surface area contributed by atoms with Gasteiger partial charge in [0.2, 0.25) is 0 Å². The summed E-state index contributed by atoms with van der Waals surface area (Å²) in [5, 5.41) is 7.52. The molecule has 3 heteroatoms. The molecule has 11 heavy (non-hydrogen) atoms. The predicted molar refractivity (Wildman–Crippen MR) is 43.0 cm³/mol. The van der Waals surface area contributed by atoms with Crippen LogP contribution in [0.1, 0.15) is 30.7 Å². The van der Waals surface area contributed by atoms with Gasteiger partial charge in [0.15, 0.2) is 0 Å². The Kier molecular flexibility index (Phi) is 1.49. The van der Waals surface area contributed by atoms with Gasteiger partial charge in [0.25, 0.3) is 0 Å². The third-order valence-corrected chi connectivity index (χ3v) is 2.27. The second-order valence-corrected chi connectivity index (χ2v) is 3.04. The zero-order valence-corrected chi connectivity index (χ0v) is 6.33. The van der Waals surface area contributed by atoms with Crippen LogP contribution in [0.25, 0.3) is 0 Å². The van der Waals surface area contributed by atoms with Crippen LogP contribution in [0.3, 0.4) is 0 Å². The van der Waals surface area contributed by atoms with Crippen LogP contribution in [0.5, 0.6) is 0 Å². The second-order valence-electron chi connectivity index (χ2n) is 3.04. The highest BCUT2D eigenvalue weighted by atomic mass is 15.1. The van der Waals surface area contributed by atoms with Gasteiger partial charge in [-0.1, -0.05) is 6.42 Å². The quantitative estimate of drug-likeness (QED) is 0.655. The fourth-order valence-electron chi connectivity index (χ4n) is 1.36. The molecular formula is C8H11N3. The van der Waals surface area contributed by atoms with E-state index in [1.54, 1.807) is 0 Å². The molecule has 0 radical (unpaired) electrons. The number of rotatable bonds is 1. The van der Waals surface area contributed by atoms with Crippen molar-refractivity contribution in [3.05, 3.63) is 17.8 Å². The summed E-state index contributed by atoms with van der Waals surface area (Å²) in [5.41, 5.74) is 6.76. The topological polar surface area (TPSA) is 51.8 Å². The summed E-state index contributed by atoms with van der Waals surface area (Å²) in [6.07, 6.45) is 5.73. The largest absolute Gasteiger partial charge is 0.382 e. The van der Waals surface area contributed by atoms with Crippen LogP contribution < -0.4 is 5.73 Å². The van der Waals surface area contributed by atoms with E-state index in [-0.39, 0.29) is 0 Å². The third-order valence-electron chi connectivity index (χ3n) is 2.27. The zero-order chi connectivity index (χ0) is 7.68. The van der Waals surface area contributed by atoms with E-state index in [2.05, 4.69) is 10.2 Å². The van der Waals surface area contributed by atoms with Crippen LogP contribution in [0.15, 0.2) is 12.3 Å². The summed E-state index contributed by atoms with van der Waals surface area (Å²) in [6, 6.07) is 1.93. The Hall–Kier alpha value is -1.12. The Morgan fingerprint density at radius 1 is 1.45 bits per heavy atom. The van der Waals surface area contributed by atoms with Crippen molar-refractivity contribution in [3.8, 4) is 0 Å². The molecule has 0 saturated heterocycles. The lowest BCUT2D eigenvalue weighted by atomic mass is 9.81. The Morgan fingerprint density at radius 3 is 2.82 bits per heavy atom. The molecule has 1 aromatic heterocycles. The molecule has 0 aliphatic heterocycles. The fraction of sp³-hybridized carbons (Fsp3) is 0.500. The number of hydrogen-bond acceptors (Lipinski definition) is 3. The van der Waals surface area contributed by atoms with Crippen molar-refractivity contribution < 1.29 is 0 Å². The van der Waals surface area contributed by atoms with Gasteiger partial charge in [-0.05, 0) is 30.4 Å². The van der Waals surface area contributed by atoms with Crippen molar-refractivity contribution in [3.63, 3.8) is 0 Å². The molecule has 2 rings (SSSR count). The lowest BCUT2D eigenvalue weighted by Crippen LogP contribution is -2.09. The molecule has 58 valence electrons.